The molecule has 1 unspecified atom stereocenters. The molecule has 0 bridgehead atoms. The van der Waals surface area contributed by atoms with Crippen LogP contribution in [0.5, 0.6) is 5.75 Å². The Kier molecular flexibility index (Phi) is 5.82. The van der Waals surface area contributed by atoms with Gasteiger partial charge >= 0.3 is 0 Å². The maximum Gasteiger partial charge on any atom is 0.147 e. The normalized spacial score (nSPS) is 13.3. The van der Waals surface area contributed by atoms with E-state index in [4.69, 9.17) is 4.74 Å². The van der Waals surface area contributed by atoms with Crippen molar-refractivity contribution < 1.29 is 13.2 Å². The molecule has 108 valence electrons. The summed E-state index contributed by atoms with van der Waals surface area (Å²) in [5.74, 6) is 0.988. The van der Waals surface area contributed by atoms with Gasteiger partial charge in [-0.05, 0) is 44.5 Å². The molecule has 0 aromatic heterocycles. The molecular formula is C14H23NO3S. The summed E-state index contributed by atoms with van der Waals surface area (Å²) in [6, 6.07) is 6.37. The Morgan fingerprint density at radius 3 is 2.58 bits per heavy atom. The summed E-state index contributed by atoms with van der Waals surface area (Å²) >= 11 is 0. The summed E-state index contributed by atoms with van der Waals surface area (Å²) in [5.41, 5.74) is 2.28. The van der Waals surface area contributed by atoms with Gasteiger partial charge in [0.2, 0.25) is 0 Å². The smallest absolute Gasteiger partial charge is 0.147 e. The molecule has 0 saturated carbocycles. The Morgan fingerprint density at radius 2 is 2.05 bits per heavy atom. The van der Waals surface area contributed by atoms with Crippen LogP contribution < -0.4 is 10.1 Å². The van der Waals surface area contributed by atoms with Gasteiger partial charge in [-0.3, -0.25) is 0 Å². The molecule has 0 amide bonds. The minimum absolute atomic E-state index is 0.168. The molecule has 1 aromatic rings. The van der Waals surface area contributed by atoms with Crippen molar-refractivity contribution in [1.82, 2.24) is 5.32 Å². The van der Waals surface area contributed by atoms with E-state index in [0.717, 1.165) is 11.3 Å². The Balaban J connectivity index is 2.56. The number of rotatable bonds is 7. The van der Waals surface area contributed by atoms with E-state index >= 15 is 0 Å². The number of aryl methyl sites for hydroxylation is 1. The van der Waals surface area contributed by atoms with Crippen LogP contribution in [0.2, 0.25) is 0 Å². The fraction of sp³-hybridized carbons (Fsp3) is 0.571. The first-order valence-corrected chi connectivity index (χ1v) is 8.48. The van der Waals surface area contributed by atoms with Gasteiger partial charge in [0, 0.05) is 12.3 Å². The zero-order valence-electron chi connectivity index (χ0n) is 12.1. The first kappa shape index (κ1) is 16.0. The number of nitrogens with one attached hydrogen (secondary N) is 1. The molecule has 1 aromatic carbocycles. The van der Waals surface area contributed by atoms with Crippen molar-refractivity contribution in [1.29, 1.82) is 0 Å². The summed E-state index contributed by atoms with van der Waals surface area (Å²) in [7, 11) is -0.972. The van der Waals surface area contributed by atoms with E-state index in [1.54, 1.807) is 0 Å². The van der Waals surface area contributed by atoms with Gasteiger partial charge < -0.3 is 10.1 Å². The number of sulfone groups is 1. The van der Waals surface area contributed by atoms with E-state index in [1.807, 2.05) is 26.1 Å². The molecule has 0 aliphatic carbocycles. The number of benzene rings is 1. The zero-order valence-corrected chi connectivity index (χ0v) is 12.9. The molecule has 19 heavy (non-hydrogen) atoms. The van der Waals surface area contributed by atoms with Crippen molar-refractivity contribution in [2.24, 2.45) is 0 Å². The van der Waals surface area contributed by atoms with Gasteiger partial charge in [0.25, 0.3) is 0 Å². The van der Waals surface area contributed by atoms with Gasteiger partial charge in [0.1, 0.15) is 15.6 Å². The van der Waals surface area contributed by atoms with Crippen LogP contribution in [0.4, 0.5) is 0 Å². The lowest BCUT2D eigenvalue weighted by Crippen LogP contribution is -2.12. The van der Waals surface area contributed by atoms with Crippen LogP contribution in [0.1, 0.15) is 30.5 Å². The quantitative estimate of drug-likeness (QED) is 0.779. The van der Waals surface area contributed by atoms with E-state index in [1.165, 1.54) is 11.8 Å². The summed E-state index contributed by atoms with van der Waals surface area (Å²) in [6.45, 7) is 4.52. The van der Waals surface area contributed by atoms with Crippen LogP contribution in [0.3, 0.4) is 0 Å². The lowest BCUT2D eigenvalue weighted by Gasteiger charge is -2.14. The fourth-order valence-corrected chi connectivity index (χ4v) is 2.42. The largest absolute Gasteiger partial charge is 0.493 e. The lowest BCUT2D eigenvalue weighted by atomic mass is 10.1. The van der Waals surface area contributed by atoms with E-state index in [2.05, 4.69) is 18.3 Å². The number of hydrogen-bond acceptors (Lipinski definition) is 4. The maximum absolute atomic E-state index is 11.0. The molecule has 0 spiro atoms. The second-order valence-electron chi connectivity index (χ2n) is 4.87. The second kappa shape index (κ2) is 6.91. The van der Waals surface area contributed by atoms with Crippen LogP contribution in [0.15, 0.2) is 18.2 Å². The van der Waals surface area contributed by atoms with E-state index < -0.39 is 9.84 Å². The highest BCUT2D eigenvalue weighted by Crippen LogP contribution is 2.22. The fourth-order valence-electron chi connectivity index (χ4n) is 1.77. The lowest BCUT2D eigenvalue weighted by molar-refractivity contribution is 0.315. The Bertz CT molecular complexity index is 511. The Labute approximate surface area is 116 Å². The van der Waals surface area contributed by atoms with Gasteiger partial charge in [0.15, 0.2) is 0 Å². The van der Waals surface area contributed by atoms with Crippen molar-refractivity contribution in [2.45, 2.75) is 26.3 Å². The van der Waals surface area contributed by atoms with Gasteiger partial charge in [0.05, 0.1) is 12.4 Å². The molecule has 4 nitrogen and oxygen atoms in total. The third-order valence-electron chi connectivity index (χ3n) is 3.05. The number of hydrogen-bond donors (Lipinski definition) is 1. The van der Waals surface area contributed by atoms with Crippen molar-refractivity contribution in [3.8, 4) is 5.75 Å². The molecule has 0 saturated heterocycles. The first-order chi connectivity index (χ1) is 8.83. The zero-order chi connectivity index (χ0) is 14.5. The molecular weight excluding hydrogens is 262 g/mol. The second-order valence-corrected chi connectivity index (χ2v) is 7.13. The van der Waals surface area contributed by atoms with Crippen LogP contribution in [0.25, 0.3) is 0 Å². The molecule has 0 radical (unpaired) electrons. The molecule has 0 aliphatic heterocycles. The van der Waals surface area contributed by atoms with Crippen molar-refractivity contribution in [3.05, 3.63) is 29.3 Å². The van der Waals surface area contributed by atoms with Gasteiger partial charge in [-0.25, -0.2) is 8.42 Å². The third-order valence-corrected chi connectivity index (χ3v) is 4.08. The minimum atomic E-state index is -2.90. The summed E-state index contributed by atoms with van der Waals surface area (Å²) < 4.78 is 27.6. The Morgan fingerprint density at radius 1 is 1.37 bits per heavy atom. The highest BCUT2D eigenvalue weighted by molar-refractivity contribution is 7.90. The van der Waals surface area contributed by atoms with Gasteiger partial charge in [-0.1, -0.05) is 12.1 Å². The summed E-state index contributed by atoms with van der Waals surface area (Å²) in [5, 5.41) is 3.19. The monoisotopic (exact) mass is 285 g/mol. The van der Waals surface area contributed by atoms with Crippen molar-refractivity contribution in [2.75, 3.05) is 25.7 Å². The molecule has 1 N–H and O–H groups in total. The number of ether oxygens (including phenoxy) is 1. The van der Waals surface area contributed by atoms with Crippen LogP contribution in [-0.2, 0) is 9.84 Å². The Hall–Kier alpha value is -1.07. The predicted octanol–water partition coefficient (Wildman–Crippen LogP) is 2.09. The highest BCUT2D eigenvalue weighted by atomic mass is 32.2. The van der Waals surface area contributed by atoms with Crippen LogP contribution >= 0.6 is 0 Å². The average Bonchev–Trinajstić information content (AvgIpc) is 2.33. The molecule has 0 aliphatic rings. The van der Waals surface area contributed by atoms with Crippen molar-refractivity contribution in [3.63, 3.8) is 0 Å². The predicted molar refractivity (Wildman–Crippen MR) is 78.5 cm³/mol. The molecule has 5 heteroatoms. The molecule has 1 atom stereocenters. The molecule has 1 rings (SSSR count). The molecule has 0 heterocycles. The summed E-state index contributed by atoms with van der Waals surface area (Å²) in [6.07, 6.45) is 1.76. The highest BCUT2D eigenvalue weighted by Gasteiger charge is 2.07. The van der Waals surface area contributed by atoms with Gasteiger partial charge in [-0.15, -0.1) is 0 Å². The first-order valence-electron chi connectivity index (χ1n) is 6.42. The minimum Gasteiger partial charge on any atom is -0.493 e. The van der Waals surface area contributed by atoms with Crippen molar-refractivity contribution >= 4 is 9.84 Å². The standard InChI is InChI=1S/C14H23NO3S/c1-11-10-13(12(2)15-3)6-7-14(11)18-8-5-9-19(4,16)17/h6-7,10,12,15H,5,8-9H2,1-4H3. The van der Waals surface area contributed by atoms with E-state index in [-0.39, 0.29) is 5.75 Å². The van der Waals surface area contributed by atoms with E-state index in [0.29, 0.717) is 19.1 Å². The van der Waals surface area contributed by atoms with Gasteiger partial charge in [-0.2, -0.15) is 0 Å². The topological polar surface area (TPSA) is 55.4 Å². The maximum atomic E-state index is 11.0. The van der Waals surface area contributed by atoms with E-state index in [9.17, 15) is 8.42 Å². The van der Waals surface area contributed by atoms with Crippen LogP contribution in [-0.4, -0.2) is 34.1 Å². The third kappa shape index (κ3) is 5.61. The SMILES string of the molecule is CNC(C)c1ccc(OCCCS(C)(=O)=O)c(C)c1. The average molecular weight is 285 g/mol. The summed E-state index contributed by atoms with van der Waals surface area (Å²) in [4.78, 5) is 0. The molecule has 0 fully saturated rings. The van der Waals surface area contributed by atoms with Crippen LogP contribution in [0, 0.1) is 6.92 Å².